The van der Waals surface area contributed by atoms with Gasteiger partial charge >= 0.3 is 12.0 Å². The van der Waals surface area contributed by atoms with Gasteiger partial charge in [-0.1, -0.05) is 0 Å². The van der Waals surface area contributed by atoms with E-state index in [2.05, 4.69) is 5.32 Å². The van der Waals surface area contributed by atoms with Crippen molar-refractivity contribution >= 4 is 12.0 Å². The summed E-state index contributed by atoms with van der Waals surface area (Å²) in [5.41, 5.74) is -0.557. The van der Waals surface area contributed by atoms with Gasteiger partial charge in [0.2, 0.25) is 0 Å². The van der Waals surface area contributed by atoms with Crippen LogP contribution in [0.3, 0.4) is 0 Å². The van der Waals surface area contributed by atoms with Crippen LogP contribution in [0, 0.1) is 0 Å². The number of ether oxygens (including phenoxy) is 1. The molecule has 16 heavy (non-hydrogen) atoms. The van der Waals surface area contributed by atoms with Gasteiger partial charge in [0.15, 0.2) is 0 Å². The highest BCUT2D eigenvalue weighted by molar-refractivity contribution is 5.80. The van der Waals surface area contributed by atoms with Crippen LogP contribution < -0.4 is 5.32 Å². The molecule has 6 heteroatoms. The van der Waals surface area contributed by atoms with Gasteiger partial charge in [-0.15, -0.1) is 0 Å². The summed E-state index contributed by atoms with van der Waals surface area (Å²) in [6.45, 7) is 5.20. The monoisotopic (exact) mass is 232 g/mol. The molecule has 0 atom stereocenters. The number of hydrogen-bond donors (Lipinski definition) is 2. The molecule has 0 unspecified atom stereocenters. The van der Waals surface area contributed by atoms with E-state index >= 15 is 0 Å². The maximum atomic E-state index is 11.3. The largest absolute Gasteiger partial charge is 0.459 e. The molecule has 0 rings (SSSR count). The van der Waals surface area contributed by atoms with Gasteiger partial charge in [0.25, 0.3) is 0 Å². The van der Waals surface area contributed by atoms with Crippen LogP contribution >= 0.6 is 0 Å². The molecule has 0 heterocycles. The maximum Gasteiger partial charge on any atom is 0.325 e. The Kier molecular flexibility index (Phi) is 5.81. The number of esters is 1. The Bertz CT molecular complexity index is 248. The molecule has 0 aromatic carbocycles. The van der Waals surface area contributed by atoms with E-state index in [1.807, 2.05) is 0 Å². The van der Waals surface area contributed by atoms with Gasteiger partial charge in [-0.2, -0.15) is 0 Å². The maximum absolute atomic E-state index is 11.3. The van der Waals surface area contributed by atoms with E-state index in [1.165, 1.54) is 11.9 Å². The average molecular weight is 232 g/mol. The number of amides is 2. The minimum Gasteiger partial charge on any atom is -0.459 e. The highest BCUT2D eigenvalue weighted by Gasteiger charge is 2.17. The summed E-state index contributed by atoms with van der Waals surface area (Å²) in [5, 5.41) is 11.0. The number of aliphatic hydroxyl groups is 1. The Morgan fingerprint density at radius 2 is 1.94 bits per heavy atom. The first kappa shape index (κ1) is 14.7. The Morgan fingerprint density at radius 1 is 1.38 bits per heavy atom. The molecular formula is C10H20N2O4. The molecule has 0 bridgehead atoms. The zero-order valence-corrected chi connectivity index (χ0v) is 10.2. The van der Waals surface area contributed by atoms with E-state index < -0.39 is 17.6 Å². The molecular weight excluding hydrogens is 212 g/mol. The summed E-state index contributed by atoms with van der Waals surface area (Å²) in [7, 11) is 1.53. The number of urea groups is 1. The van der Waals surface area contributed by atoms with Crippen molar-refractivity contribution in [2.24, 2.45) is 0 Å². The van der Waals surface area contributed by atoms with Crippen LogP contribution in [0.25, 0.3) is 0 Å². The molecule has 0 saturated carbocycles. The third-order valence-corrected chi connectivity index (χ3v) is 1.59. The smallest absolute Gasteiger partial charge is 0.325 e. The van der Waals surface area contributed by atoms with Crippen molar-refractivity contribution in [1.82, 2.24) is 10.2 Å². The lowest BCUT2D eigenvalue weighted by molar-refractivity contribution is -0.153. The molecule has 0 aliphatic rings. The van der Waals surface area contributed by atoms with Crippen molar-refractivity contribution in [2.45, 2.75) is 26.4 Å². The lowest BCUT2D eigenvalue weighted by Crippen LogP contribution is -2.42. The van der Waals surface area contributed by atoms with E-state index in [-0.39, 0.29) is 19.7 Å². The minimum atomic E-state index is -0.557. The molecule has 0 aliphatic carbocycles. The first-order valence-corrected chi connectivity index (χ1v) is 5.08. The van der Waals surface area contributed by atoms with Gasteiger partial charge in [-0.05, 0) is 20.8 Å². The zero-order chi connectivity index (χ0) is 12.8. The average Bonchev–Trinajstić information content (AvgIpc) is 2.11. The van der Waals surface area contributed by atoms with Crippen molar-refractivity contribution in [3.8, 4) is 0 Å². The summed E-state index contributed by atoms with van der Waals surface area (Å²) in [4.78, 5) is 23.8. The molecule has 0 aromatic rings. The summed E-state index contributed by atoms with van der Waals surface area (Å²) < 4.78 is 5.01. The second kappa shape index (κ2) is 6.32. The Balaban J connectivity index is 3.88. The normalized spacial score (nSPS) is 10.8. The fourth-order valence-corrected chi connectivity index (χ4v) is 0.912. The highest BCUT2D eigenvalue weighted by Crippen LogP contribution is 2.06. The van der Waals surface area contributed by atoms with Gasteiger partial charge in [0, 0.05) is 13.6 Å². The lowest BCUT2D eigenvalue weighted by atomic mass is 10.2. The number of aliphatic hydroxyl groups excluding tert-OH is 1. The van der Waals surface area contributed by atoms with E-state index in [0.717, 1.165) is 0 Å². The Hall–Kier alpha value is -1.30. The third kappa shape index (κ3) is 7.05. The molecule has 6 nitrogen and oxygen atoms in total. The number of rotatable bonds is 4. The van der Waals surface area contributed by atoms with Crippen molar-refractivity contribution in [3.05, 3.63) is 0 Å². The predicted molar refractivity (Wildman–Crippen MR) is 59.0 cm³/mol. The molecule has 0 fully saturated rings. The first-order chi connectivity index (χ1) is 7.26. The number of likely N-dealkylation sites (N-methyl/N-ethyl adjacent to an activating group) is 1. The molecule has 0 aromatic heterocycles. The van der Waals surface area contributed by atoms with Gasteiger partial charge in [-0.25, -0.2) is 4.79 Å². The van der Waals surface area contributed by atoms with Crippen LogP contribution in [0.2, 0.25) is 0 Å². The van der Waals surface area contributed by atoms with E-state index in [1.54, 1.807) is 20.8 Å². The van der Waals surface area contributed by atoms with E-state index in [4.69, 9.17) is 9.84 Å². The first-order valence-electron chi connectivity index (χ1n) is 5.08. The Labute approximate surface area is 95.6 Å². The van der Waals surface area contributed by atoms with Crippen LogP contribution in [0.4, 0.5) is 4.79 Å². The quantitative estimate of drug-likeness (QED) is 0.667. The molecule has 94 valence electrons. The minimum absolute atomic E-state index is 0.115. The van der Waals surface area contributed by atoms with Crippen LogP contribution in [0.5, 0.6) is 0 Å². The van der Waals surface area contributed by atoms with Gasteiger partial charge in [0.05, 0.1) is 6.61 Å². The van der Waals surface area contributed by atoms with Crippen molar-refractivity contribution in [3.63, 3.8) is 0 Å². The van der Waals surface area contributed by atoms with Gasteiger partial charge in [-0.3, -0.25) is 4.79 Å². The fourth-order valence-electron chi connectivity index (χ4n) is 0.912. The summed E-state index contributed by atoms with van der Waals surface area (Å²) in [6.07, 6.45) is 0. The van der Waals surface area contributed by atoms with E-state index in [9.17, 15) is 9.59 Å². The van der Waals surface area contributed by atoms with Crippen LogP contribution in [-0.4, -0.2) is 54.4 Å². The molecule has 0 aliphatic heterocycles. The topological polar surface area (TPSA) is 78.9 Å². The number of carbonyl (C=O) groups excluding carboxylic acids is 2. The summed E-state index contributed by atoms with van der Waals surface area (Å²) in [5.74, 6) is -0.488. The third-order valence-electron chi connectivity index (χ3n) is 1.59. The lowest BCUT2D eigenvalue weighted by Gasteiger charge is -2.20. The van der Waals surface area contributed by atoms with E-state index in [0.29, 0.717) is 0 Å². The SMILES string of the molecule is CN(CCO)C(=O)NCC(=O)OC(C)(C)C. The molecule has 0 spiro atoms. The van der Waals surface area contributed by atoms with Crippen LogP contribution in [0.1, 0.15) is 20.8 Å². The zero-order valence-electron chi connectivity index (χ0n) is 10.2. The van der Waals surface area contributed by atoms with Crippen molar-refractivity contribution in [2.75, 3.05) is 26.7 Å². The number of nitrogens with one attached hydrogen (secondary N) is 1. The summed E-state index contributed by atoms with van der Waals surface area (Å²) in [6, 6.07) is -0.417. The van der Waals surface area contributed by atoms with Gasteiger partial charge in [0.1, 0.15) is 12.1 Å². The van der Waals surface area contributed by atoms with Crippen molar-refractivity contribution < 1.29 is 19.4 Å². The van der Waals surface area contributed by atoms with Crippen LogP contribution in [0.15, 0.2) is 0 Å². The molecule has 2 amide bonds. The predicted octanol–water partition coefficient (Wildman–Crippen LogP) is -0.0382. The second-order valence-electron chi connectivity index (χ2n) is 4.39. The fraction of sp³-hybridized carbons (Fsp3) is 0.800. The number of carbonyl (C=O) groups is 2. The second-order valence-corrected chi connectivity index (χ2v) is 4.39. The molecule has 0 saturated heterocycles. The van der Waals surface area contributed by atoms with Crippen LogP contribution in [-0.2, 0) is 9.53 Å². The van der Waals surface area contributed by atoms with Gasteiger partial charge < -0.3 is 20.1 Å². The standard InChI is InChI=1S/C10H20N2O4/c1-10(2,3)16-8(14)7-11-9(15)12(4)5-6-13/h13H,5-7H2,1-4H3,(H,11,15). The summed E-state index contributed by atoms with van der Waals surface area (Å²) >= 11 is 0. The molecule has 0 radical (unpaired) electrons. The van der Waals surface area contributed by atoms with Crippen molar-refractivity contribution in [1.29, 1.82) is 0 Å². The number of nitrogens with zero attached hydrogens (tertiary/aromatic N) is 1. The number of hydrogen-bond acceptors (Lipinski definition) is 4. The highest BCUT2D eigenvalue weighted by atomic mass is 16.6. The Morgan fingerprint density at radius 3 is 2.38 bits per heavy atom. The molecule has 2 N–H and O–H groups in total.